The van der Waals surface area contributed by atoms with E-state index in [1.807, 2.05) is 6.92 Å². The second-order valence-corrected chi connectivity index (χ2v) is 6.53. The summed E-state index contributed by atoms with van der Waals surface area (Å²) in [6.07, 6.45) is 1.80. The second kappa shape index (κ2) is 8.37. The first-order valence-electron chi connectivity index (χ1n) is 6.98. The van der Waals surface area contributed by atoms with E-state index in [0.29, 0.717) is 13.2 Å². The zero-order valence-electron chi connectivity index (χ0n) is 12.3. The summed E-state index contributed by atoms with van der Waals surface area (Å²) in [5, 5.41) is 13.0. The topological polar surface area (TPSA) is 41.5 Å². The third kappa shape index (κ3) is 4.45. The van der Waals surface area contributed by atoms with E-state index in [2.05, 4.69) is 63.2 Å². The summed E-state index contributed by atoms with van der Waals surface area (Å²) in [5.74, 6) is 0.829. The summed E-state index contributed by atoms with van der Waals surface area (Å²) in [7, 11) is 0. The number of benzene rings is 1. The van der Waals surface area contributed by atoms with Crippen molar-refractivity contribution in [1.29, 1.82) is 0 Å². The molecule has 0 aliphatic heterocycles. The molecule has 1 aromatic carbocycles. The van der Waals surface area contributed by atoms with Gasteiger partial charge < -0.3 is 15.2 Å². The predicted molar refractivity (Wildman–Crippen MR) is 90.2 cm³/mol. The molecule has 3 nitrogen and oxygen atoms in total. The van der Waals surface area contributed by atoms with Crippen LogP contribution in [-0.4, -0.2) is 23.9 Å². The zero-order chi connectivity index (χ0) is 15.2. The number of rotatable bonds is 8. The Bertz CT molecular complexity index is 403. The van der Waals surface area contributed by atoms with E-state index in [-0.39, 0.29) is 12.1 Å². The van der Waals surface area contributed by atoms with Crippen LogP contribution in [0.2, 0.25) is 0 Å². The molecule has 0 aliphatic carbocycles. The lowest BCUT2D eigenvalue weighted by atomic mass is 9.93. The highest BCUT2D eigenvalue weighted by molar-refractivity contribution is 9.11. The molecule has 0 spiro atoms. The fourth-order valence-corrected chi connectivity index (χ4v) is 3.58. The van der Waals surface area contributed by atoms with E-state index >= 15 is 0 Å². The minimum atomic E-state index is -0.197. The Morgan fingerprint density at radius 1 is 1.15 bits per heavy atom. The van der Waals surface area contributed by atoms with Crippen LogP contribution in [-0.2, 0) is 6.54 Å². The second-order valence-electron chi connectivity index (χ2n) is 4.82. The van der Waals surface area contributed by atoms with Gasteiger partial charge in [-0.15, -0.1) is 0 Å². The number of aliphatic hydroxyl groups is 1. The van der Waals surface area contributed by atoms with Crippen molar-refractivity contribution in [2.24, 2.45) is 0 Å². The van der Waals surface area contributed by atoms with Gasteiger partial charge in [0.25, 0.3) is 0 Å². The summed E-state index contributed by atoms with van der Waals surface area (Å²) < 4.78 is 7.45. The van der Waals surface area contributed by atoms with Crippen molar-refractivity contribution in [3.05, 3.63) is 26.6 Å². The van der Waals surface area contributed by atoms with Gasteiger partial charge in [0, 0.05) is 12.1 Å². The largest absolute Gasteiger partial charge is 0.492 e. The highest BCUT2D eigenvalue weighted by Gasteiger charge is 2.24. The van der Waals surface area contributed by atoms with E-state index in [9.17, 15) is 5.11 Å². The summed E-state index contributed by atoms with van der Waals surface area (Å²) in [5.41, 5.74) is 0.948. The SMILES string of the molecule is CCOc1c(Br)cc(CNC(CC)(CC)CO)cc1Br. The molecule has 0 aliphatic rings. The van der Waals surface area contributed by atoms with Gasteiger partial charge in [0.15, 0.2) is 0 Å². The normalized spacial score (nSPS) is 11.7. The lowest BCUT2D eigenvalue weighted by Gasteiger charge is -2.31. The van der Waals surface area contributed by atoms with Crippen molar-refractivity contribution in [2.45, 2.75) is 45.7 Å². The van der Waals surface area contributed by atoms with E-state index in [0.717, 1.165) is 33.1 Å². The lowest BCUT2D eigenvalue weighted by Crippen LogP contribution is -2.47. The van der Waals surface area contributed by atoms with Gasteiger partial charge >= 0.3 is 0 Å². The van der Waals surface area contributed by atoms with Gasteiger partial charge in [0.1, 0.15) is 5.75 Å². The fourth-order valence-electron chi connectivity index (χ4n) is 2.07. The predicted octanol–water partition coefficient (Wildman–Crippen LogP) is 4.25. The van der Waals surface area contributed by atoms with Gasteiger partial charge in [-0.25, -0.2) is 0 Å². The van der Waals surface area contributed by atoms with Gasteiger partial charge in [-0.1, -0.05) is 13.8 Å². The molecule has 0 heterocycles. The smallest absolute Gasteiger partial charge is 0.147 e. The van der Waals surface area contributed by atoms with Crippen molar-refractivity contribution >= 4 is 31.9 Å². The number of ether oxygens (including phenoxy) is 1. The highest BCUT2D eigenvalue weighted by Crippen LogP contribution is 2.35. The number of halogens is 2. The summed E-state index contributed by atoms with van der Waals surface area (Å²) >= 11 is 7.08. The molecule has 0 amide bonds. The Labute approximate surface area is 138 Å². The summed E-state index contributed by atoms with van der Waals surface area (Å²) in [4.78, 5) is 0. The lowest BCUT2D eigenvalue weighted by molar-refractivity contribution is 0.149. The molecule has 0 saturated carbocycles. The minimum Gasteiger partial charge on any atom is -0.492 e. The quantitative estimate of drug-likeness (QED) is 0.675. The molecule has 1 rings (SSSR count). The molecule has 0 atom stereocenters. The van der Waals surface area contributed by atoms with Crippen molar-refractivity contribution in [3.63, 3.8) is 0 Å². The molecule has 114 valence electrons. The molecule has 20 heavy (non-hydrogen) atoms. The Kier molecular flexibility index (Phi) is 7.51. The molecule has 0 radical (unpaired) electrons. The third-order valence-electron chi connectivity index (χ3n) is 3.67. The van der Waals surface area contributed by atoms with Crippen LogP contribution in [0.25, 0.3) is 0 Å². The Hall–Kier alpha value is -0.100. The Balaban J connectivity index is 2.84. The van der Waals surface area contributed by atoms with Gasteiger partial charge in [-0.2, -0.15) is 0 Å². The van der Waals surface area contributed by atoms with Crippen LogP contribution in [0.3, 0.4) is 0 Å². The average Bonchev–Trinajstić information content (AvgIpc) is 2.45. The van der Waals surface area contributed by atoms with Crippen LogP contribution in [0.4, 0.5) is 0 Å². The van der Waals surface area contributed by atoms with Gasteiger partial charge in [-0.3, -0.25) is 0 Å². The van der Waals surface area contributed by atoms with Crippen molar-refractivity contribution in [2.75, 3.05) is 13.2 Å². The van der Waals surface area contributed by atoms with Crippen LogP contribution in [0, 0.1) is 0 Å². The molecular weight excluding hydrogens is 386 g/mol. The Morgan fingerprint density at radius 3 is 2.10 bits per heavy atom. The Morgan fingerprint density at radius 2 is 1.70 bits per heavy atom. The zero-order valence-corrected chi connectivity index (χ0v) is 15.5. The number of aliphatic hydroxyl groups excluding tert-OH is 1. The van der Waals surface area contributed by atoms with Crippen LogP contribution in [0.5, 0.6) is 5.75 Å². The fraction of sp³-hybridized carbons (Fsp3) is 0.600. The third-order valence-corrected chi connectivity index (χ3v) is 4.85. The van der Waals surface area contributed by atoms with Crippen molar-refractivity contribution in [3.8, 4) is 5.75 Å². The maximum atomic E-state index is 9.58. The standard InChI is InChI=1S/C15H23Br2NO2/c1-4-15(5-2,10-19)18-9-11-7-12(16)14(20-6-3)13(17)8-11/h7-8,18-19H,4-6,9-10H2,1-3H3. The molecule has 2 N–H and O–H groups in total. The van der Waals surface area contributed by atoms with E-state index in [1.165, 1.54) is 0 Å². The summed E-state index contributed by atoms with van der Waals surface area (Å²) in [6.45, 7) is 7.65. The molecule has 5 heteroatoms. The molecule has 0 bridgehead atoms. The molecule has 0 fully saturated rings. The molecule has 0 aromatic heterocycles. The first-order valence-corrected chi connectivity index (χ1v) is 8.57. The van der Waals surface area contributed by atoms with Crippen LogP contribution in [0.1, 0.15) is 39.2 Å². The first kappa shape index (κ1) is 18.0. The number of hydrogen-bond donors (Lipinski definition) is 2. The molecule has 0 unspecified atom stereocenters. The molecular formula is C15H23Br2NO2. The van der Waals surface area contributed by atoms with Crippen LogP contribution >= 0.6 is 31.9 Å². The van der Waals surface area contributed by atoms with Crippen LogP contribution < -0.4 is 10.1 Å². The van der Waals surface area contributed by atoms with E-state index in [1.54, 1.807) is 0 Å². The average molecular weight is 409 g/mol. The van der Waals surface area contributed by atoms with Gasteiger partial charge in [-0.05, 0) is 69.3 Å². The van der Waals surface area contributed by atoms with E-state index < -0.39 is 0 Å². The maximum Gasteiger partial charge on any atom is 0.147 e. The van der Waals surface area contributed by atoms with Crippen molar-refractivity contribution < 1.29 is 9.84 Å². The van der Waals surface area contributed by atoms with E-state index in [4.69, 9.17) is 4.74 Å². The first-order chi connectivity index (χ1) is 9.51. The van der Waals surface area contributed by atoms with Gasteiger partial charge in [0.05, 0.1) is 22.2 Å². The number of hydrogen-bond acceptors (Lipinski definition) is 3. The molecule has 0 saturated heterocycles. The molecule has 1 aromatic rings. The number of nitrogens with one attached hydrogen (secondary N) is 1. The van der Waals surface area contributed by atoms with Gasteiger partial charge in [0.2, 0.25) is 0 Å². The van der Waals surface area contributed by atoms with Crippen LogP contribution in [0.15, 0.2) is 21.1 Å². The monoisotopic (exact) mass is 407 g/mol. The summed E-state index contributed by atoms with van der Waals surface area (Å²) in [6, 6.07) is 4.10. The van der Waals surface area contributed by atoms with Crippen molar-refractivity contribution in [1.82, 2.24) is 5.32 Å². The minimum absolute atomic E-state index is 0.152. The maximum absolute atomic E-state index is 9.58. The highest BCUT2D eigenvalue weighted by atomic mass is 79.9.